The number of halogens is 1. The highest BCUT2D eigenvalue weighted by atomic mass is 79.9. The van der Waals surface area contributed by atoms with E-state index >= 15 is 0 Å². The topological polar surface area (TPSA) is 114 Å². The molecule has 0 atom stereocenters. The van der Waals surface area contributed by atoms with E-state index in [0.29, 0.717) is 11.1 Å². The van der Waals surface area contributed by atoms with Crippen LogP contribution in [0.3, 0.4) is 0 Å². The molecule has 0 saturated carbocycles. The lowest BCUT2D eigenvalue weighted by molar-refractivity contribution is -0.119. The van der Waals surface area contributed by atoms with E-state index in [1.165, 1.54) is 37.3 Å². The maximum atomic E-state index is 12.7. The maximum Gasteiger partial charge on any atom is 0.269 e. The molecule has 2 rings (SSSR count). The van der Waals surface area contributed by atoms with Crippen LogP contribution in [0.15, 0.2) is 51.8 Å². The van der Waals surface area contributed by atoms with Gasteiger partial charge in [0.25, 0.3) is 15.9 Å². The highest BCUT2D eigenvalue weighted by molar-refractivity contribution is 9.10. The number of ether oxygens (including phenoxy) is 1. The van der Waals surface area contributed by atoms with Gasteiger partial charge >= 0.3 is 0 Å². The molecule has 2 amide bonds. The van der Waals surface area contributed by atoms with Crippen molar-refractivity contribution in [3.05, 3.63) is 52.5 Å². The Labute approximate surface area is 165 Å². The number of hydrogen-bond donors (Lipinski definition) is 3. The molecule has 2 aromatic rings. The summed E-state index contributed by atoms with van der Waals surface area (Å²) < 4.78 is 33.8. The van der Waals surface area contributed by atoms with Gasteiger partial charge < -0.3 is 4.74 Å². The van der Waals surface area contributed by atoms with E-state index in [4.69, 9.17) is 4.74 Å². The van der Waals surface area contributed by atoms with Gasteiger partial charge in [-0.05, 0) is 49.4 Å². The summed E-state index contributed by atoms with van der Waals surface area (Å²) in [6.07, 6.45) is 0. The fraction of sp³-hybridized carbons (Fsp3) is 0.176. The van der Waals surface area contributed by atoms with E-state index in [0.717, 1.165) is 0 Å². The second kappa shape index (κ2) is 8.87. The Kier molecular flexibility index (Phi) is 6.81. The van der Waals surface area contributed by atoms with Gasteiger partial charge in [-0.15, -0.1) is 0 Å². The fourth-order valence-electron chi connectivity index (χ4n) is 2.08. The molecule has 0 unspecified atom stereocenters. The minimum Gasteiger partial charge on any atom is -0.492 e. The van der Waals surface area contributed by atoms with E-state index in [-0.39, 0.29) is 21.9 Å². The monoisotopic (exact) mass is 455 g/mol. The molecule has 0 fully saturated rings. The van der Waals surface area contributed by atoms with Gasteiger partial charge in [0.1, 0.15) is 10.6 Å². The summed E-state index contributed by atoms with van der Waals surface area (Å²) in [5, 5.41) is 0. The first-order chi connectivity index (χ1) is 12.7. The Balaban J connectivity index is 2.20. The van der Waals surface area contributed by atoms with Crippen molar-refractivity contribution in [1.29, 1.82) is 0 Å². The van der Waals surface area contributed by atoms with Crippen LogP contribution in [0.1, 0.15) is 24.2 Å². The second-order valence-electron chi connectivity index (χ2n) is 5.34. The number of nitrogens with one attached hydrogen (secondary N) is 3. The first-order valence-electron chi connectivity index (χ1n) is 7.85. The van der Waals surface area contributed by atoms with E-state index < -0.39 is 21.8 Å². The van der Waals surface area contributed by atoms with Crippen LogP contribution in [0.25, 0.3) is 0 Å². The Bertz CT molecular complexity index is 946. The zero-order valence-electron chi connectivity index (χ0n) is 14.6. The van der Waals surface area contributed by atoms with Crippen molar-refractivity contribution in [1.82, 2.24) is 10.9 Å². The van der Waals surface area contributed by atoms with Gasteiger partial charge in [0.2, 0.25) is 5.91 Å². The number of hydrazine groups is 1. The summed E-state index contributed by atoms with van der Waals surface area (Å²) in [5.41, 5.74) is 4.92. The zero-order chi connectivity index (χ0) is 20.0. The van der Waals surface area contributed by atoms with Crippen LogP contribution in [-0.2, 0) is 14.8 Å². The van der Waals surface area contributed by atoms with Crippen LogP contribution in [0.4, 0.5) is 5.69 Å². The summed E-state index contributed by atoms with van der Waals surface area (Å²) >= 11 is 3.25. The van der Waals surface area contributed by atoms with Gasteiger partial charge in [0, 0.05) is 22.6 Å². The van der Waals surface area contributed by atoms with Crippen molar-refractivity contribution in [2.75, 3.05) is 11.3 Å². The van der Waals surface area contributed by atoms with Crippen LogP contribution in [0.2, 0.25) is 0 Å². The molecule has 27 heavy (non-hydrogen) atoms. The average Bonchev–Trinajstić information content (AvgIpc) is 2.61. The van der Waals surface area contributed by atoms with Crippen molar-refractivity contribution >= 4 is 43.5 Å². The summed E-state index contributed by atoms with van der Waals surface area (Å²) in [5.74, 6) is -0.698. The standard InChI is InChI=1S/C17H18BrN3O5S/c1-3-26-15-9-6-13(18)10-16(15)27(24,25)21-14-7-4-12(5-8-14)17(23)20-19-11(2)22/h4-10,21H,3H2,1-2H3,(H,19,22)(H,20,23). The molecule has 0 aliphatic rings. The van der Waals surface area contributed by atoms with Crippen molar-refractivity contribution in [2.45, 2.75) is 18.7 Å². The minimum atomic E-state index is -3.91. The van der Waals surface area contributed by atoms with E-state index in [2.05, 4.69) is 31.5 Å². The number of carbonyl (C=O) groups is 2. The molecule has 10 heteroatoms. The smallest absolute Gasteiger partial charge is 0.269 e. The number of carbonyl (C=O) groups excluding carboxylic acids is 2. The van der Waals surface area contributed by atoms with Crippen LogP contribution >= 0.6 is 15.9 Å². The van der Waals surface area contributed by atoms with Gasteiger partial charge in [-0.25, -0.2) is 8.42 Å². The molecule has 8 nitrogen and oxygen atoms in total. The first kappa shape index (κ1) is 20.7. The molecular formula is C17H18BrN3O5S. The lowest BCUT2D eigenvalue weighted by Gasteiger charge is -2.13. The first-order valence-corrected chi connectivity index (χ1v) is 10.1. The molecule has 144 valence electrons. The lowest BCUT2D eigenvalue weighted by Crippen LogP contribution is -2.40. The maximum absolute atomic E-state index is 12.7. The van der Waals surface area contributed by atoms with Crippen molar-refractivity contribution < 1.29 is 22.7 Å². The Hall–Kier alpha value is -2.59. The van der Waals surface area contributed by atoms with Gasteiger partial charge in [0.15, 0.2) is 0 Å². The summed E-state index contributed by atoms with van der Waals surface area (Å²) in [6, 6.07) is 10.4. The number of sulfonamides is 1. The van der Waals surface area contributed by atoms with E-state index in [9.17, 15) is 18.0 Å². The van der Waals surface area contributed by atoms with Crippen LogP contribution in [-0.4, -0.2) is 26.8 Å². The third kappa shape index (κ3) is 5.69. The molecule has 0 heterocycles. The van der Waals surface area contributed by atoms with Gasteiger partial charge in [-0.1, -0.05) is 15.9 Å². The Morgan fingerprint density at radius 1 is 1.07 bits per heavy atom. The van der Waals surface area contributed by atoms with Gasteiger partial charge in [0.05, 0.1) is 6.61 Å². The fourth-order valence-corrected chi connectivity index (χ4v) is 3.83. The summed E-state index contributed by atoms with van der Waals surface area (Å²) in [7, 11) is -3.91. The van der Waals surface area contributed by atoms with Gasteiger partial charge in [-0.2, -0.15) is 0 Å². The molecule has 3 N–H and O–H groups in total. The SMILES string of the molecule is CCOc1ccc(Br)cc1S(=O)(=O)Nc1ccc(C(=O)NNC(C)=O)cc1. The number of amides is 2. The largest absolute Gasteiger partial charge is 0.492 e. The quantitative estimate of drug-likeness (QED) is 0.578. The van der Waals surface area contributed by atoms with Crippen molar-refractivity contribution in [3.63, 3.8) is 0 Å². The second-order valence-corrected chi connectivity index (χ2v) is 7.91. The Morgan fingerprint density at radius 2 is 1.74 bits per heavy atom. The number of rotatable bonds is 6. The molecule has 0 radical (unpaired) electrons. The lowest BCUT2D eigenvalue weighted by atomic mass is 10.2. The summed E-state index contributed by atoms with van der Waals surface area (Å²) in [4.78, 5) is 22.6. The average molecular weight is 456 g/mol. The van der Waals surface area contributed by atoms with Crippen molar-refractivity contribution in [3.8, 4) is 5.75 Å². The highest BCUT2D eigenvalue weighted by Gasteiger charge is 2.20. The minimum absolute atomic E-state index is 0.00815. The molecule has 0 saturated heterocycles. The number of hydrogen-bond acceptors (Lipinski definition) is 5. The molecular weight excluding hydrogens is 438 g/mol. The van der Waals surface area contributed by atoms with E-state index in [1.807, 2.05) is 0 Å². The molecule has 0 aliphatic heterocycles. The van der Waals surface area contributed by atoms with Crippen molar-refractivity contribution in [2.24, 2.45) is 0 Å². The third-order valence-corrected chi connectivity index (χ3v) is 5.14. The number of benzene rings is 2. The molecule has 0 aliphatic carbocycles. The summed E-state index contributed by atoms with van der Waals surface area (Å²) in [6.45, 7) is 3.34. The predicted octanol–water partition coefficient (Wildman–Crippen LogP) is 2.43. The number of anilines is 1. The molecule has 0 aromatic heterocycles. The van der Waals surface area contributed by atoms with Crippen LogP contribution < -0.4 is 20.3 Å². The van der Waals surface area contributed by atoms with E-state index in [1.54, 1.807) is 19.1 Å². The third-order valence-electron chi connectivity index (χ3n) is 3.25. The van der Waals surface area contributed by atoms with Gasteiger partial charge in [-0.3, -0.25) is 25.2 Å². The normalized spacial score (nSPS) is 10.8. The zero-order valence-corrected chi connectivity index (χ0v) is 17.0. The molecule has 0 spiro atoms. The van der Waals surface area contributed by atoms with Crippen LogP contribution in [0, 0.1) is 0 Å². The van der Waals surface area contributed by atoms with Crippen LogP contribution in [0.5, 0.6) is 5.75 Å². The molecule has 2 aromatic carbocycles. The predicted molar refractivity (Wildman–Crippen MR) is 104 cm³/mol. The Morgan fingerprint density at radius 3 is 2.33 bits per heavy atom. The highest BCUT2D eigenvalue weighted by Crippen LogP contribution is 2.29. The molecule has 0 bridgehead atoms.